The first-order chi connectivity index (χ1) is 14.4. The van der Waals surface area contributed by atoms with Crippen LogP contribution in [0.25, 0.3) is 0 Å². The van der Waals surface area contributed by atoms with E-state index < -0.39 is 11.9 Å². The minimum atomic E-state index is -0.718. The average molecular weight is 407 g/mol. The van der Waals surface area contributed by atoms with E-state index >= 15 is 0 Å². The van der Waals surface area contributed by atoms with Crippen molar-refractivity contribution in [2.75, 3.05) is 5.73 Å². The van der Waals surface area contributed by atoms with Crippen LogP contribution in [0.15, 0.2) is 60.7 Å². The number of amides is 1. The van der Waals surface area contributed by atoms with Gasteiger partial charge < -0.3 is 15.8 Å². The smallest absolute Gasteiger partial charge is 0.255 e. The normalized spacial score (nSPS) is 11.7. The number of nitrogens with zero attached hydrogens (tertiary/aromatic N) is 1. The monoisotopic (exact) mass is 407 g/mol. The molecule has 0 bridgehead atoms. The van der Waals surface area contributed by atoms with E-state index in [0.29, 0.717) is 12.5 Å². The SMILES string of the molecule is CCC(C)Cc1cccc(Oc2ccc(CNC(=O)c3ccc(F)nc3N)cc2)c1. The zero-order valence-electron chi connectivity index (χ0n) is 17.2. The summed E-state index contributed by atoms with van der Waals surface area (Å²) in [7, 11) is 0. The van der Waals surface area contributed by atoms with Crippen LogP contribution >= 0.6 is 0 Å². The summed E-state index contributed by atoms with van der Waals surface area (Å²) >= 11 is 0. The molecule has 3 rings (SSSR count). The fourth-order valence-electron chi connectivity index (χ4n) is 3.01. The Morgan fingerprint density at radius 2 is 1.87 bits per heavy atom. The summed E-state index contributed by atoms with van der Waals surface area (Å²) in [4.78, 5) is 15.7. The zero-order chi connectivity index (χ0) is 21.5. The molecule has 30 heavy (non-hydrogen) atoms. The van der Waals surface area contributed by atoms with Gasteiger partial charge in [0.25, 0.3) is 5.91 Å². The van der Waals surface area contributed by atoms with E-state index in [-0.39, 0.29) is 11.4 Å². The van der Waals surface area contributed by atoms with Crippen LogP contribution in [-0.2, 0) is 13.0 Å². The van der Waals surface area contributed by atoms with Gasteiger partial charge >= 0.3 is 0 Å². The molecule has 1 heterocycles. The third kappa shape index (κ3) is 5.80. The van der Waals surface area contributed by atoms with Gasteiger partial charge in [-0.3, -0.25) is 4.79 Å². The van der Waals surface area contributed by atoms with Crippen LogP contribution in [-0.4, -0.2) is 10.9 Å². The van der Waals surface area contributed by atoms with Crippen molar-refractivity contribution in [3.63, 3.8) is 0 Å². The maximum Gasteiger partial charge on any atom is 0.255 e. The fraction of sp³-hybridized carbons (Fsp3) is 0.250. The number of rotatable bonds is 8. The average Bonchev–Trinajstić information content (AvgIpc) is 2.73. The molecule has 1 unspecified atom stereocenters. The number of pyridine rings is 1. The largest absolute Gasteiger partial charge is 0.457 e. The number of anilines is 1. The second-order valence-corrected chi connectivity index (χ2v) is 7.36. The first-order valence-corrected chi connectivity index (χ1v) is 10.0. The molecular formula is C24H26FN3O2. The molecular weight excluding hydrogens is 381 g/mol. The van der Waals surface area contributed by atoms with Crippen molar-refractivity contribution in [2.24, 2.45) is 5.92 Å². The summed E-state index contributed by atoms with van der Waals surface area (Å²) in [5.74, 6) is 0.903. The number of ether oxygens (including phenoxy) is 1. The Labute approximate surface area is 176 Å². The van der Waals surface area contributed by atoms with Crippen molar-refractivity contribution in [1.82, 2.24) is 10.3 Å². The number of aromatic nitrogens is 1. The second-order valence-electron chi connectivity index (χ2n) is 7.36. The number of benzene rings is 2. The van der Waals surface area contributed by atoms with Crippen LogP contribution in [0.2, 0.25) is 0 Å². The van der Waals surface area contributed by atoms with Crippen LogP contribution in [0.3, 0.4) is 0 Å². The molecule has 0 spiro atoms. The van der Waals surface area contributed by atoms with E-state index in [1.54, 1.807) is 0 Å². The highest BCUT2D eigenvalue weighted by molar-refractivity contribution is 5.98. The van der Waals surface area contributed by atoms with Gasteiger partial charge in [-0.1, -0.05) is 44.5 Å². The summed E-state index contributed by atoms with van der Waals surface area (Å²) in [6.45, 7) is 4.74. The minimum Gasteiger partial charge on any atom is -0.457 e. The molecule has 6 heteroatoms. The number of carbonyl (C=O) groups is 1. The van der Waals surface area contributed by atoms with Gasteiger partial charge in [0.2, 0.25) is 5.95 Å². The highest BCUT2D eigenvalue weighted by Gasteiger charge is 2.11. The van der Waals surface area contributed by atoms with E-state index in [1.165, 1.54) is 11.6 Å². The Morgan fingerprint density at radius 3 is 2.57 bits per heavy atom. The lowest BCUT2D eigenvalue weighted by Gasteiger charge is -2.11. The Kier molecular flexibility index (Phi) is 7.01. The third-order valence-corrected chi connectivity index (χ3v) is 4.93. The predicted molar refractivity (Wildman–Crippen MR) is 116 cm³/mol. The topological polar surface area (TPSA) is 77.2 Å². The van der Waals surface area contributed by atoms with Gasteiger partial charge in [0.15, 0.2) is 0 Å². The molecule has 1 amide bonds. The number of nitrogens with one attached hydrogen (secondary N) is 1. The number of nitrogens with two attached hydrogens (primary N) is 1. The van der Waals surface area contributed by atoms with Gasteiger partial charge in [0, 0.05) is 6.54 Å². The minimum absolute atomic E-state index is 0.133. The van der Waals surface area contributed by atoms with Crippen LogP contribution in [0.5, 0.6) is 11.5 Å². The molecule has 0 aliphatic rings. The molecule has 1 atom stereocenters. The lowest BCUT2D eigenvalue weighted by Crippen LogP contribution is -2.24. The van der Waals surface area contributed by atoms with Crippen molar-refractivity contribution in [3.8, 4) is 11.5 Å². The van der Waals surface area contributed by atoms with Gasteiger partial charge in [0.1, 0.15) is 17.3 Å². The van der Waals surface area contributed by atoms with E-state index in [0.717, 1.165) is 36.0 Å². The molecule has 0 saturated carbocycles. The number of hydrogen-bond donors (Lipinski definition) is 2. The molecule has 0 saturated heterocycles. The lowest BCUT2D eigenvalue weighted by molar-refractivity contribution is 0.0951. The van der Waals surface area contributed by atoms with Gasteiger partial charge in [-0.15, -0.1) is 0 Å². The second kappa shape index (κ2) is 9.87. The number of halogens is 1. The Balaban J connectivity index is 1.57. The summed E-state index contributed by atoms with van der Waals surface area (Å²) in [6.07, 6.45) is 2.17. The van der Waals surface area contributed by atoms with E-state index in [9.17, 15) is 9.18 Å². The van der Waals surface area contributed by atoms with Gasteiger partial charge in [-0.05, 0) is 59.9 Å². The van der Waals surface area contributed by atoms with Gasteiger partial charge in [-0.25, -0.2) is 4.98 Å². The van der Waals surface area contributed by atoms with Crippen LogP contribution in [0.4, 0.5) is 10.2 Å². The third-order valence-electron chi connectivity index (χ3n) is 4.93. The van der Waals surface area contributed by atoms with Gasteiger partial charge in [-0.2, -0.15) is 4.39 Å². The molecule has 3 aromatic rings. The van der Waals surface area contributed by atoms with Crippen LogP contribution in [0.1, 0.15) is 41.8 Å². The summed E-state index contributed by atoms with van der Waals surface area (Å²) < 4.78 is 19.0. The Morgan fingerprint density at radius 1 is 1.10 bits per heavy atom. The first kappa shape index (κ1) is 21.3. The molecule has 0 aliphatic carbocycles. The van der Waals surface area contributed by atoms with Gasteiger partial charge in [0.05, 0.1) is 5.56 Å². The predicted octanol–water partition coefficient (Wildman–Crippen LogP) is 5.11. The molecule has 0 radical (unpaired) electrons. The van der Waals surface area contributed by atoms with E-state index in [1.807, 2.05) is 36.4 Å². The maximum atomic E-state index is 13.0. The van der Waals surface area contributed by atoms with Crippen molar-refractivity contribution >= 4 is 11.7 Å². The molecule has 2 aromatic carbocycles. The quantitative estimate of drug-likeness (QED) is 0.509. The molecule has 0 aliphatic heterocycles. The van der Waals surface area contributed by atoms with Crippen molar-refractivity contribution in [2.45, 2.75) is 33.2 Å². The molecule has 0 fully saturated rings. The standard InChI is InChI=1S/C24H26FN3O2/c1-3-16(2)13-18-5-4-6-20(14-18)30-19-9-7-17(8-10-19)15-27-24(29)21-11-12-22(25)28-23(21)26/h4-12,14,16H,3,13,15H2,1-2H3,(H2,26,28)(H,27,29). The molecule has 3 N–H and O–H groups in total. The van der Waals surface area contributed by atoms with Crippen molar-refractivity contribution < 1.29 is 13.9 Å². The molecule has 1 aromatic heterocycles. The maximum absolute atomic E-state index is 13.0. The van der Waals surface area contributed by atoms with Crippen LogP contribution in [0, 0.1) is 11.9 Å². The number of carbonyl (C=O) groups excluding carboxylic acids is 1. The number of nitrogen functional groups attached to an aromatic ring is 1. The summed E-state index contributed by atoms with van der Waals surface area (Å²) in [6, 6.07) is 18.0. The number of hydrogen-bond acceptors (Lipinski definition) is 4. The van der Waals surface area contributed by atoms with Crippen LogP contribution < -0.4 is 15.8 Å². The Bertz CT molecular complexity index is 1010. The molecule has 5 nitrogen and oxygen atoms in total. The fourth-order valence-corrected chi connectivity index (χ4v) is 3.01. The molecule has 156 valence electrons. The van der Waals surface area contributed by atoms with E-state index in [2.05, 4.69) is 36.3 Å². The van der Waals surface area contributed by atoms with E-state index in [4.69, 9.17) is 10.5 Å². The first-order valence-electron chi connectivity index (χ1n) is 10.0. The summed E-state index contributed by atoms with van der Waals surface area (Å²) in [5.41, 5.74) is 7.91. The van der Waals surface area contributed by atoms with Crippen molar-refractivity contribution in [3.05, 3.63) is 83.3 Å². The zero-order valence-corrected chi connectivity index (χ0v) is 17.2. The Hall–Kier alpha value is -3.41. The van der Waals surface area contributed by atoms with Crippen molar-refractivity contribution in [1.29, 1.82) is 0 Å². The lowest BCUT2D eigenvalue weighted by atomic mass is 9.99. The highest BCUT2D eigenvalue weighted by atomic mass is 19.1. The summed E-state index contributed by atoms with van der Waals surface area (Å²) in [5, 5.41) is 2.75. The highest BCUT2D eigenvalue weighted by Crippen LogP contribution is 2.24.